The first kappa shape index (κ1) is 27.3. The number of hydrogen-bond acceptors (Lipinski definition) is 5. The van der Waals surface area contributed by atoms with Crippen molar-refractivity contribution in [1.82, 2.24) is 4.90 Å². The van der Waals surface area contributed by atoms with Crippen LogP contribution in [-0.2, 0) is 34.2 Å². The molecule has 7 rings (SSSR count). The quantitative estimate of drug-likeness (QED) is 0.313. The minimum absolute atomic E-state index is 0. The lowest BCUT2D eigenvalue weighted by atomic mass is 9.48. The van der Waals surface area contributed by atoms with Crippen molar-refractivity contribution in [2.45, 2.75) is 68.1 Å². The molecular weight excluding hydrogens is 522 g/mol. The van der Waals surface area contributed by atoms with Crippen LogP contribution in [0.1, 0.15) is 47.9 Å². The molecule has 1 spiro atoms. The van der Waals surface area contributed by atoms with Gasteiger partial charge in [0.2, 0.25) is 0 Å². The number of benzene rings is 3. The standard InChI is InChI=1S/C34H37NO4.ClH/c1-37-28-15-14-26-23-29-34(38-22-8-13-24-9-4-2-5-10-24)18-16-27(36)32-33(34,30(26)31(28)39-32)19-21-35(29)20-17-25-11-6-3-7-12-25;/h2-7,9-12,14-15,29,32H,8,13,16-23H2,1H3;1H/t29-,32?,33+,34-;/m1./s1. The van der Waals surface area contributed by atoms with Crippen LogP contribution in [0.5, 0.6) is 11.5 Å². The van der Waals surface area contributed by atoms with Crippen LogP contribution in [-0.4, -0.2) is 55.2 Å². The van der Waals surface area contributed by atoms with Crippen LogP contribution in [0.15, 0.2) is 72.8 Å². The molecule has 1 unspecified atom stereocenters. The van der Waals surface area contributed by atoms with Gasteiger partial charge in [0, 0.05) is 31.2 Å². The Hall–Kier alpha value is -2.86. The highest BCUT2D eigenvalue weighted by molar-refractivity contribution is 5.90. The second-order valence-corrected chi connectivity index (χ2v) is 11.6. The first-order valence-corrected chi connectivity index (χ1v) is 14.5. The Morgan fingerprint density at radius 3 is 2.40 bits per heavy atom. The lowest BCUT2D eigenvalue weighted by molar-refractivity contribution is -0.213. The van der Waals surface area contributed by atoms with Crippen LogP contribution in [0.3, 0.4) is 0 Å². The molecule has 2 fully saturated rings. The van der Waals surface area contributed by atoms with E-state index in [-0.39, 0.29) is 24.2 Å². The van der Waals surface area contributed by atoms with Crippen molar-refractivity contribution in [2.24, 2.45) is 0 Å². The second-order valence-electron chi connectivity index (χ2n) is 11.6. The van der Waals surface area contributed by atoms with E-state index in [9.17, 15) is 4.79 Å². The zero-order chi connectivity index (χ0) is 26.5. The molecule has 4 atom stereocenters. The summed E-state index contributed by atoms with van der Waals surface area (Å²) in [5.74, 6) is 1.72. The molecule has 40 heavy (non-hydrogen) atoms. The number of methoxy groups -OCH3 is 1. The zero-order valence-electron chi connectivity index (χ0n) is 23.1. The summed E-state index contributed by atoms with van der Waals surface area (Å²) in [5, 5.41) is 0. The summed E-state index contributed by atoms with van der Waals surface area (Å²) in [6.07, 6.45) is 5.47. The van der Waals surface area contributed by atoms with Crippen molar-refractivity contribution in [1.29, 1.82) is 0 Å². The molecule has 0 aromatic heterocycles. The first-order chi connectivity index (χ1) is 19.2. The fourth-order valence-electron chi connectivity index (χ4n) is 8.19. The summed E-state index contributed by atoms with van der Waals surface area (Å²) in [6, 6.07) is 25.8. The number of nitrogens with zero attached hydrogens (tertiary/aromatic N) is 1. The predicted molar refractivity (Wildman–Crippen MR) is 158 cm³/mol. The van der Waals surface area contributed by atoms with Crippen LogP contribution in [0.4, 0.5) is 0 Å². The van der Waals surface area contributed by atoms with E-state index in [0.29, 0.717) is 13.0 Å². The number of halogens is 1. The van der Waals surface area contributed by atoms with Gasteiger partial charge in [-0.15, -0.1) is 12.4 Å². The Morgan fingerprint density at radius 1 is 0.950 bits per heavy atom. The van der Waals surface area contributed by atoms with Gasteiger partial charge in [0.25, 0.3) is 0 Å². The number of likely N-dealkylation sites (tertiary alicyclic amines) is 1. The first-order valence-electron chi connectivity index (χ1n) is 14.5. The topological polar surface area (TPSA) is 48.0 Å². The van der Waals surface area contributed by atoms with Crippen molar-refractivity contribution in [3.8, 4) is 11.5 Å². The van der Waals surface area contributed by atoms with Crippen LogP contribution in [0.2, 0.25) is 0 Å². The third-order valence-corrected chi connectivity index (χ3v) is 9.88. The average molecular weight is 560 g/mol. The molecule has 0 amide bonds. The van der Waals surface area contributed by atoms with Crippen molar-refractivity contribution in [3.63, 3.8) is 0 Å². The van der Waals surface area contributed by atoms with Gasteiger partial charge in [0.05, 0.1) is 18.1 Å². The zero-order valence-corrected chi connectivity index (χ0v) is 24.0. The summed E-state index contributed by atoms with van der Waals surface area (Å²) < 4.78 is 19.6. The Kier molecular flexibility index (Phi) is 7.41. The third-order valence-electron chi connectivity index (χ3n) is 9.88. The smallest absolute Gasteiger partial charge is 0.174 e. The van der Waals surface area contributed by atoms with Crippen LogP contribution >= 0.6 is 12.4 Å². The lowest BCUT2D eigenvalue weighted by Gasteiger charge is -2.64. The minimum Gasteiger partial charge on any atom is -0.493 e. The van der Waals surface area contributed by atoms with Gasteiger partial charge in [0.1, 0.15) is 0 Å². The molecule has 210 valence electrons. The summed E-state index contributed by atoms with van der Waals surface area (Å²) in [5.41, 5.74) is 4.27. The monoisotopic (exact) mass is 559 g/mol. The molecule has 3 aromatic rings. The summed E-state index contributed by atoms with van der Waals surface area (Å²) in [7, 11) is 1.69. The molecule has 0 radical (unpaired) electrons. The molecule has 5 nitrogen and oxygen atoms in total. The normalized spacial score (nSPS) is 27.9. The van der Waals surface area contributed by atoms with E-state index >= 15 is 0 Å². The largest absolute Gasteiger partial charge is 0.493 e. The Labute approximate surface area is 243 Å². The molecule has 1 saturated heterocycles. The van der Waals surface area contributed by atoms with Crippen molar-refractivity contribution >= 4 is 18.2 Å². The number of ether oxygens (including phenoxy) is 3. The fourth-order valence-corrected chi connectivity index (χ4v) is 8.19. The average Bonchev–Trinajstić information content (AvgIpc) is 3.33. The van der Waals surface area contributed by atoms with Crippen LogP contribution < -0.4 is 9.47 Å². The molecule has 1 saturated carbocycles. The summed E-state index contributed by atoms with van der Waals surface area (Å²) in [4.78, 5) is 16.2. The summed E-state index contributed by atoms with van der Waals surface area (Å²) in [6.45, 7) is 2.60. The number of carbonyl (C=O) groups excluding carboxylic acids is 1. The molecule has 3 aromatic carbocycles. The number of rotatable bonds is 9. The van der Waals surface area contributed by atoms with E-state index in [2.05, 4.69) is 71.6 Å². The molecule has 2 aliphatic heterocycles. The van der Waals surface area contributed by atoms with Gasteiger partial charge in [-0.3, -0.25) is 9.69 Å². The summed E-state index contributed by atoms with van der Waals surface area (Å²) >= 11 is 0. The maximum absolute atomic E-state index is 13.5. The van der Waals surface area contributed by atoms with E-state index in [1.807, 2.05) is 6.07 Å². The molecule has 0 N–H and O–H groups in total. The number of piperidine rings is 1. The molecule has 4 aliphatic rings. The Morgan fingerprint density at radius 2 is 1.68 bits per heavy atom. The highest BCUT2D eigenvalue weighted by Gasteiger charge is 2.74. The van der Waals surface area contributed by atoms with Crippen molar-refractivity contribution in [3.05, 3.63) is 95.1 Å². The Balaban J connectivity index is 0.00000289. The highest BCUT2D eigenvalue weighted by atomic mass is 35.5. The second kappa shape index (κ2) is 10.8. The molecule has 2 heterocycles. The highest BCUT2D eigenvalue weighted by Crippen LogP contribution is 2.66. The van der Waals surface area contributed by atoms with E-state index in [4.69, 9.17) is 14.2 Å². The van der Waals surface area contributed by atoms with Gasteiger partial charge in [-0.1, -0.05) is 66.7 Å². The fraction of sp³-hybridized carbons (Fsp3) is 0.441. The van der Waals surface area contributed by atoms with Crippen molar-refractivity contribution in [2.75, 3.05) is 26.8 Å². The Bertz CT molecular complexity index is 1370. The van der Waals surface area contributed by atoms with Gasteiger partial charge in [0.15, 0.2) is 23.4 Å². The molecule has 2 aliphatic carbocycles. The number of carbonyl (C=O) groups is 1. The number of Topliss-reactive ketones (excluding diaryl/α,β-unsaturated/α-hetero) is 1. The maximum Gasteiger partial charge on any atom is 0.174 e. The number of ketones is 1. The van der Waals surface area contributed by atoms with E-state index in [1.54, 1.807) is 7.11 Å². The molecule has 2 bridgehead atoms. The van der Waals surface area contributed by atoms with E-state index in [1.165, 1.54) is 22.3 Å². The third kappa shape index (κ3) is 4.08. The maximum atomic E-state index is 13.5. The van der Waals surface area contributed by atoms with E-state index in [0.717, 1.165) is 63.1 Å². The van der Waals surface area contributed by atoms with Gasteiger partial charge in [-0.25, -0.2) is 0 Å². The van der Waals surface area contributed by atoms with Gasteiger partial charge in [-0.05, 0) is 67.8 Å². The molecule has 6 heteroatoms. The van der Waals surface area contributed by atoms with Crippen LogP contribution in [0, 0.1) is 0 Å². The predicted octanol–water partition coefficient (Wildman–Crippen LogP) is 5.74. The van der Waals surface area contributed by atoms with E-state index < -0.39 is 17.1 Å². The van der Waals surface area contributed by atoms with Gasteiger partial charge < -0.3 is 14.2 Å². The lowest BCUT2D eigenvalue weighted by Crippen LogP contribution is -2.77. The van der Waals surface area contributed by atoms with Gasteiger partial charge >= 0.3 is 0 Å². The van der Waals surface area contributed by atoms with Crippen molar-refractivity contribution < 1.29 is 19.0 Å². The number of hydrogen-bond donors (Lipinski definition) is 0. The minimum atomic E-state index is -0.496. The van der Waals surface area contributed by atoms with Crippen LogP contribution in [0.25, 0.3) is 0 Å². The number of aryl methyl sites for hydroxylation is 1. The molecular formula is C34H38ClNO4. The SMILES string of the molecule is COc1ccc2c3c1OC1C(=O)CC[C@@]4(OCCCc5ccccc5)[C@@H](C2)N(CCc2ccccc2)CC[C@]314.Cl. The van der Waals surface area contributed by atoms with Gasteiger partial charge in [-0.2, -0.15) is 0 Å².